The average Bonchev–Trinajstić information content (AvgIpc) is 3.83. The van der Waals surface area contributed by atoms with Gasteiger partial charge in [-0.15, -0.1) is 11.3 Å². The Morgan fingerprint density at radius 1 is 0.389 bits per heavy atom. The maximum absolute atomic E-state index is 6.22. The van der Waals surface area contributed by atoms with Gasteiger partial charge < -0.3 is 4.42 Å². The first kappa shape index (κ1) is 30.6. The number of pyridine rings is 1. The molecule has 4 aromatic heterocycles. The number of nitrogens with zero attached hydrogens (tertiary/aromatic N) is 4. The van der Waals surface area contributed by atoms with E-state index < -0.39 is 0 Å². The smallest absolute Gasteiger partial charge is 0.164 e. The van der Waals surface area contributed by atoms with E-state index in [0.717, 1.165) is 66.5 Å². The van der Waals surface area contributed by atoms with Gasteiger partial charge in [-0.2, -0.15) is 0 Å². The zero-order chi connectivity index (χ0) is 35.6. The largest absolute Gasteiger partial charge is 0.456 e. The quantitative estimate of drug-likeness (QED) is 0.178. The lowest BCUT2D eigenvalue weighted by atomic mass is 9.99. The molecule has 0 spiro atoms. The minimum atomic E-state index is 0.603. The summed E-state index contributed by atoms with van der Waals surface area (Å²) in [6.07, 6.45) is 0. The number of rotatable bonds is 5. The molecule has 7 aromatic carbocycles. The lowest BCUT2D eigenvalue weighted by molar-refractivity contribution is 0.669. The maximum atomic E-state index is 6.22. The predicted molar refractivity (Wildman–Crippen MR) is 222 cm³/mol. The van der Waals surface area contributed by atoms with Gasteiger partial charge in [-0.25, -0.2) is 19.9 Å². The van der Waals surface area contributed by atoms with Crippen LogP contribution in [-0.2, 0) is 0 Å². The highest BCUT2D eigenvalue weighted by Gasteiger charge is 2.19. The van der Waals surface area contributed by atoms with Gasteiger partial charge >= 0.3 is 0 Å². The van der Waals surface area contributed by atoms with Crippen LogP contribution in [0.1, 0.15) is 0 Å². The summed E-state index contributed by atoms with van der Waals surface area (Å²) < 4.78 is 8.67. The fourth-order valence-electron chi connectivity index (χ4n) is 7.57. The number of thiophene rings is 1. The Labute approximate surface area is 313 Å². The lowest BCUT2D eigenvalue weighted by Crippen LogP contribution is -2.00. The molecular weight excluding hydrogens is 681 g/mol. The summed E-state index contributed by atoms with van der Waals surface area (Å²) in [5.74, 6) is 1.84. The summed E-state index contributed by atoms with van der Waals surface area (Å²) in [5.41, 5.74) is 9.81. The second-order valence-corrected chi connectivity index (χ2v) is 14.4. The van der Waals surface area contributed by atoms with Gasteiger partial charge in [0.25, 0.3) is 0 Å². The molecule has 6 heteroatoms. The van der Waals surface area contributed by atoms with Crippen molar-refractivity contribution >= 4 is 64.4 Å². The molecule has 0 atom stereocenters. The van der Waals surface area contributed by atoms with Gasteiger partial charge in [-0.05, 0) is 41.5 Å². The number of furan rings is 1. The van der Waals surface area contributed by atoms with E-state index in [1.54, 1.807) is 0 Å². The second-order valence-electron chi connectivity index (χ2n) is 13.4. The van der Waals surface area contributed by atoms with E-state index in [0.29, 0.717) is 17.5 Å². The van der Waals surface area contributed by atoms with Gasteiger partial charge in [-0.3, -0.25) is 0 Å². The van der Waals surface area contributed by atoms with Crippen LogP contribution in [0.2, 0.25) is 0 Å². The summed E-state index contributed by atoms with van der Waals surface area (Å²) in [4.78, 5) is 20.3. The Morgan fingerprint density at radius 2 is 1.00 bits per heavy atom. The number of fused-ring (bicyclic) bond motifs is 8. The zero-order valence-electron chi connectivity index (χ0n) is 28.8. The fourth-order valence-corrected chi connectivity index (χ4v) is 8.78. The van der Waals surface area contributed by atoms with Crippen LogP contribution in [0.4, 0.5) is 0 Å². The van der Waals surface area contributed by atoms with E-state index in [1.807, 2.05) is 72.0 Å². The Bertz CT molecular complexity index is 3210. The van der Waals surface area contributed by atoms with Gasteiger partial charge in [0.2, 0.25) is 0 Å². The first-order valence-electron chi connectivity index (χ1n) is 17.9. The van der Waals surface area contributed by atoms with Crippen molar-refractivity contribution in [3.8, 4) is 56.5 Å². The van der Waals surface area contributed by atoms with E-state index in [9.17, 15) is 0 Å². The van der Waals surface area contributed by atoms with Crippen molar-refractivity contribution in [3.63, 3.8) is 0 Å². The van der Waals surface area contributed by atoms with Crippen molar-refractivity contribution in [2.24, 2.45) is 0 Å². The molecule has 0 amide bonds. The number of benzene rings is 7. The first-order chi connectivity index (χ1) is 26.7. The number of hydrogen-bond donors (Lipinski definition) is 0. The SMILES string of the molecule is c1ccc(-c2nc(-c3ccc(-c4ccc5sc6c(-c7ccccc7)nc7ccccc7c6c5c4)cc3)nc(-c3cccc4oc5ccccc5c34)n2)cc1. The number of hydrogen-bond acceptors (Lipinski definition) is 6. The van der Waals surface area contributed by atoms with Gasteiger partial charge in [0.15, 0.2) is 17.5 Å². The minimum absolute atomic E-state index is 0.603. The highest BCUT2D eigenvalue weighted by molar-refractivity contribution is 7.26. The Hall–Kier alpha value is -7.02. The molecule has 0 aliphatic carbocycles. The summed E-state index contributed by atoms with van der Waals surface area (Å²) in [6, 6.07) is 58.5. The van der Waals surface area contributed by atoms with E-state index in [4.69, 9.17) is 24.4 Å². The predicted octanol–water partition coefficient (Wildman–Crippen LogP) is 13.0. The monoisotopic (exact) mass is 708 g/mol. The molecular formula is C48H28N4OS. The number of aromatic nitrogens is 4. The molecule has 0 radical (unpaired) electrons. The molecule has 0 N–H and O–H groups in total. The van der Waals surface area contributed by atoms with Crippen LogP contribution in [-0.4, -0.2) is 19.9 Å². The second kappa shape index (κ2) is 12.3. The van der Waals surface area contributed by atoms with Crippen molar-refractivity contribution in [2.75, 3.05) is 0 Å². The molecule has 252 valence electrons. The molecule has 0 saturated heterocycles. The summed E-state index contributed by atoms with van der Waals surface area (Å²) in [5, 5.41) is 5.69. The van der Waals surface area contributed by atoms with Crippen molar-refractivity contribution in [2.45, 2.75) is 0 Å². The molecule has 0 unspecified atom stereocenters. The highest BCUT2D eigenvalue weighted by Crippen LogP contribution is 2.44. The maximum Gasteiger partial charge on any atom is 0.164 e. The third kappa shape index (κ3) is 4.99. The summed E-state index contributed by atoms with van der Waals surface area (Å²) in [7, 11) is 0. The molecule has 11 aromatic rings. The van der Waals surface area contributed by atoms with Crippen LogP contribution in [0.25, 0.3) is 110 Å². The van der Waals surface area contributed by atoms with E-state index >= 15 is 0 Å². The Balaban J connectivity index is 1.04. The number of para-hydroxylation sites is 2. The Kier molecular flexibility index (Phi) is 6.97. The van der Waals surface area contributed by atoms with Gasteiger partial charge in [0.05, 0.1) is 15.9 Å². The molecule has 4 heterocycles. The van der Waals surface area contributed by atoms with E-state index in [1.165, 1.54) is 25.6 Å². The Morgan fingerprint density at radius 3 is 1.80 bits per heavy atom. The average molecular weight is 709 g/mol. The van der Waals surface area contributed by atoms with Crippen molar-refractivity contribution in [1.29, 1.82) is 0 Å². The lowest BCUT2D eigenvalue weighted by Gasteiger charge is -2.10. The van der Waals surface area contributed by atoms with Crippen molar-refractivity contribution in [1.82, 2.24) is 19.9 Å². The molecule has 11 rings (SSSR count). The van der Waals surface area contributed by atoms with Crippen LogP contribution in [0.5, 0.6) is 0 Å². The summed E-state index contributed by atoms with van der Waals surface area (Å²) >= 11 is 1.81. The highest BCUT2D eigenvalue weighted by atomic mass is 32.1. The van der Waals surface area contributed by atoms with Gasteiger partial charge in [0, 0.05) is 53.9 Å². The zero-order valence-corrected chi connectivity index (χ0v) is 29.6. The molecule has 0 bridgehead atoms. The van der Waals surface area contributed by atoms with Crippen LogP contribution in [0.3, 0.4) is 0 Å². The molecule has 0 fully saturated rings. The molecule has 5 nitrogen and oxygen atoms in total. The van der Waals surface area contributed by atoms with Crippen LogP contribution >= 0.6 is 11.3 Å². The molecule has 54 heavy (non-hydrogen) atoms. The normalized spacial score (nSPS) is 11.7. The summed E-state index contributed by atoms with van der Waals surface area (Å²) in [6.45, 7) is 0. The first-order valence-corrected chi connectivity index (χ1v) is 18.7. The van der Waals surface area contributed by atoms with Crippen LogP contribution < -0.4 is 0 Å². The molecule has 0 aliphatic heterocycles. The van der Waals surface area contributed by atoms with Crippen molar-refractivity contribution in [3.05, 3.63) is 170 Å². The third-order valence-electron chi connectivity index (χ3n) is 10.1. The fraction of sp³-hybridized carbons (Fsp3) is 0. The van der Waals surface area contributed by atoms with Gasteiger partial charge in [-0.1, -0.05) is 140 Å². The van der Waals surface area contributed by atoms with E-state index in [2.05, 4.69) is 109 Å². The van der Waals surface area contributed by atoms with Crippen molar-refractivity contribution < 1.29 is 4.42 Å². The third-order valence-corrected chi connectivity index (χ3v) is 11.3. The van der Waals surface area contributed by atoms with Gasteiger partial charge in [0.1, 0.15) is 11.2 Å². The van der Waals surface area contributed by atoms with Crippen LogP contribution in [0.15, 0.2) is 174 Å². The van der Waals surface area contributed by atoms with Crippen LogP contribution in [0, 0.1) is 0 Å². The topological polar surface area (TPSA) is 64.7 Å². The molecule has 0 saturated carbocycles. The molecule has 0 aliphatic rings. The minimum Gasteiger partial charge on any atom is -0.456 e. The standard InChI is InChI=1S/C48H28N4OS/c1-3-12-30(13-4-1)44-45-43(34-16-7-9-19-38(34)49-44)37-28-33(26-27-41(37)54-45)29-22-24-32(25-23-29)47-50-46(31-14-5-2-6-15-31)51-48(52-47)36-18-11-21-40-42(36)35-17-8-10-20-39(35)53-40/h1-28H. The van der Waals surface area contributed by atoms with E-state index in [-0.39, 0.29) is 0 Å².